The van der Waals surface area contributed by atoms with Gasteiger partial charge in [-0.15, -0.1) is 0 Å². The van der Waals surface area contributed by atoms with Crippen molar-refractivity contribution in [2.24, 2.45) is 5.10 Å². The van der Waals surface area contributed by atoms with Gasteiger partial charge in [0.2, 0.25) is 5.91 Å². The number of nitrogens with zero attached hydrogens (tertiary/aromatic N) is 1. The molecule has 0 unspecified atom stereocenters. The Bertz CT molecular complexity index is 779. The summed E-state index contributed by atoms with van der Waals surface area (Å²) in [5.74, 6) is 1.17. The average molecular weight is 486 g/mol. The molecule has 0 aliphatic rings. The van der Waals surface area contributed by atoms with Crippen molar-refractivity contribution in [1.82, 2.24) is 5.43 Å². The zero-order valence-electron chi connectivity index (χ0n) is 15.0. The minimum atomic E-state index is -0.169. The van der Waals surface area contributed by atoms with E-state index in [2.05, 4.69) is 75.3 Å². The van der Waals surface area contributed by atoms with Crippen molar-refractivity contribution in [3.8, 4) is 5.75 Å². The van der Waals surface area contributed by atoms with Gasteiger partial charge in [-0.05, 0) is 73.5 Å². The van der Waals surface area contributed by atoms with Crippen LogP contribution >= 0.6 is 31.9 Å². The Balaban J connectivity index is 1.71. The van der Waals surface area contributed by atoms with Gasteiger partial charge in [0, 0.05) is 6.42 Å². The molecule has 0 aliphatic carbocycles. The minimum Gasteiger partial charge on any atom is -0.492 e. The van der Waals surface area contributed by atoms with E-state index >= 15 is 0 Å². The summed E-state index contributed by atoms with van der Waals surface area (Å²) in [5.41, 5.74) is 3.79. The molecule has 1 N–H and O–H groups in total. The molecule has 0 fully saturated rings. The second kappa shape index (κ2) is 9.37. The van der Waals surface area contributed by atoms with Gasteiger partial charge in [0.1, 0.15) is 11.5 Å². The fourth-order valence-corrected chi connectivity index (χ4v) is 2.93. The van der Waals surface area contributed by atoms with Gasteiger partial charge in [0.15, 0.2) is 4.67 Å². The van der Waals surface area contributed by atoms with Gasteiger partial charge in [0.25, 0.3) is 0 Å². The Morgan fingerprint density at radius 3 is 2.65 bits per heavy atom. The van der Waals surface area contributed by atoms with Crippen LogP contribution in [-0.4, -0.2) is 18.7 Å². The van der Waals surface area contributed by atoms with Crippen LogP contribution in [0.15, 0.2) is 49.0 Å². The summed E-state index contributed by atoms with van der Waals surface area (Å²) >= 11 is 6.74. The first-order chi connectivity index (χ1) is 12.3. The highest BCUT2D eigenvalue weighted by Crippen LogP contribution is 2.31. The highest BCUT2D eigenvalue weighted by molar-refractivity contribution is 9.10. The number of rotatable bonds is 7. The molecular weight excluding hydrogens is 464 g/mol. The van der Waals surface area contributed by atoms with Crippen LogP contribution in [0.25, 0.3) is 0 Å². The number of benzene rings is 1. The first-order valence-corrected chi connectivity index (χ1v) is 9.84. The normalized spacial score (nSPS) is 11.7. The molecule has 0 aliphatic heterocycles. The highest BCUT2D eigenvalue weighted by atomic mass is 79.9. The van der Waals surface area contributed by atoms with Crippen LogP contribution in [0.2, 0.25) is 0 Å². The third-order valence-electron chi connectivity index (χ3n) is 3.58. The van der Waals surface area contributed by atoms with Gasteiger partial charge < -0.3 is 9.15 Å². The molecule has 0 bridgehead atoms. The summed E-state index contributed by atoms with van der Waals surface area (Å²) < 4.78 is 12.5. The summed E-state index contributed by atoms with van der Waals surface area (Å²) in [7, 11) is 0. The molecule has 0 radical (unpaired) electrons. The molecule has 0 atom stereocenters. The number of carbonyl (C=O) groups is 1. The van der Waals surface area contributed by atoms with E-state index < -0.39 is 0 Å². The molecule has 1 aromatic heterocycles. The zero-order valence-corrected chi connectivity index (χ0v) is 18.2. The predicted octanol–water partition coefficient (Wildman–Crippen LogP) is 5.41. The number of halogens is 2. The molecule has 7 heteroatoms. The van der Waals surface area contributed by atoms with Crippen LogP contribution in [0.4, 0.5) is 0 Å². The summed E-state index contributed by atoms with van der Waals surface area (Å²) in [6, 6.07) is 9.60. The maximum Gasteiger partial charge on any atom is 0.240 e. The van der Waals surface area contributed by atoms with Crippen molar-refractivity contribution in [2.45, 2.75) is 39.0 Å². The molecule has 26 heavy (non-hydrogen) atoms. The van der Waals surface area contributed by atoms with Gasteiger partial charge >= 0.3 is 0 Å². The average Bonchev–Trinajstić information content (AvgIpc) is 2.97. The van der Waals surface area contributed by atoms with E-state index in [9.17, 15) is 4.79 Å². The lowest BCUT2D eigenvalue weighted by Crippen LogP contribution is -2.18. The standard InChI is InChI=1S/C19H22Br2N2O3/c1-19(2,3)13-6-8-16(15(20)11-13)25-10-4-5-18(24)23-22-12-14-7-9-17(21)26-14/h6-9,11-12H,4-5,10H2,1-3H3,(H,23,24)/b22-12+. The lowest BCUT2D eigenvalue weighted by atomic mass is 9.87. The number of ether oxygens (including phenoxy) is 1. The zero-order chi connectivity index (χ0) is 19.2. The predicted molar refractivity (Wildman–Crippen MR) is 110 cm³/mol. The van der Waals surface area contributed by atoms with Crippen molar-refractivity contribution in [3.63, 3.8) is 0 Å². The van der Waals surface area contributed by atoms with Gasteiger partial charge in [-0.3, -0.25) is 4.79 Å². The largest absolute Gasteiger partial charge is 0.492 e. The van der Waals surface area contributed by atoms with Crippen LogP contribution in [-0.2, 0) is 10.2 Å². The Hall–Kier alpha value is -1.60. The van der Waals surface area contributed by atoms with E-state index in [1.807, 2.05) is 6.07 Å². The number of furan rings is 1. The second-order valence-corrected chi connectivity index (χ2v) is 8.42. The molecule has 140 valence electrons. The molecule has 0 saturated heterocycles. The molecule has 0 saturated carbocycles. The smallest absolute Gasteiger partial charge is 0.240 e. The van der Waals surface area contributed by atoms with Gasteiger partial charge in [0.05, 0.1) is 17.3 Å². The van der Waals surface area contributed by atoms with Gasteiger partial charge in [-0.2, -0.15) is 5.10 Å². The summed E-state index contributed by atoms with van der Waals surface area (Å²) in [5, 5.41) is 3.85. The third-order valence-corrected chi connectivity index (χ3v) is 4.62. The fraction of sp³-hybridized carbons (Fsp3) is 0.368. The van der Waals surface area contributed by atoms with E-state index in [1.165, 1.54) is 11.8 Å². The van der Waals surface area contributed by atoms with Crippen molar-refractivity contribution in [2.75, 3.05) is 6.61 Å². The fourth-order valence-electron chi connectivity index (χ4n) is 2.12. The quantitative estimate of drug-likeness (QED) is 0.324. The first kappa shape index (κ1) is 20.7. The van der Waals surface area contributed by atoms with Gasteiger partial charge in [-0.25, -0.2) is 5.43 Å². The summed E-state index contributed by atoms with van der Waals surface area (Å²) in [6.07, 6.45) is 2.38. The third kappa shape index (κ3) is 6.61. The molecular formula is C19H22Br2N2O3. The molecule has 5 nitrogen and oxygen atoms in total. The van der Waals surface area contributed by atoms with Crippen LogP contribution in [0, 0.1) is 0 Å². The van der Waals surface area contributed by atoms with Crippen molar-refractivity contribution in [3.05, 3.63) is 50.8 Å². The Kier molecular flexibility index (Phi) is 7.46. The van der Waals surface area contributed by atoms with E-state index in [4.69, 9.17) is 9.15 Å². The Morgan fingerprint density at radius 1 is 1.27 bits per heavy atom. The summed E-state index contributed by atoms with van der Waals surface area (Å²) in [6.45, 7) is 6.96. The number of nitrogens with one attached hydrogen (secondary N) is 1. The van der Waals surface area contributed by atoms with E-state index in [0.717, 1.165) is 10.2 Å². The Morgan fingerprint density at radius 2 is 2.04 bits per heavy atom. The van der Waals surface area contributed by atoms with E-state index in [1.54, 1.807) is 12.1 Å². The number of amides is 1. The lowest BCUT2D eigenvalue weighted by Gasteiger charge is -2.20. The van der Waals surface area contributed by atoms with Crippen molar-refractivity contribution >= 4 is 44.0 Å². The highest BCUT2D eigenvalue weighted by Gasteiger charge is 2.15. The number of carbonyl (C=O) groups excluding carboxylic acids is 1. The SMILES string of the molecule is CC(C)(C)c1ccc(OCCCC(=O)N/N=C/c2ccc(Br)o2)c(Br)c1. The topological polar surface area (TPSA) is 63.8 Å². The monoisotopic (exact) mass is 484 g/mol. The second-order valence-electron chi connectivity index (χ2n) is 6.78. The maximum atomic E-state index is 11.7. The van der Waals surface area contributed by atoms with Crippen LogP contribution < -0.4 is 10.2 Å². The molecule has 1 amide bonds. The van der Waals surface area contributed by atoms with Crippen LogP contribution in [0.5, 0.6) is 5.75 Å². The first-order valence-electron chi connectivity index (χ1n) is 8.26. The summed E-state index contributed by atoms with van der Waals surface area (Å²) in [4.78, 5) is 11.7. The molecule has 2 aromatic rings. The van der Waals surface area contributed by atoms with E-state index in [-0.39, 0.29) is 11.3 Å². The molecule has 2 rings (SSSR count). The number of hydrogen-bond acceptors (Lipinski definition) is 4. The maximum absolute atomic E-state index is 11.7. The van der Waals surface area contributed by atoms with Gasteiger partial charge in [-0.1, -0.05) is 26.8 Å². The van der Waals surface area contributed by atoms with Crippen molar-refractivity contribution in [1.29, 1.82) is 0 Å². The molecule has 1 heterocycles. The molecule has 1 aromatic carbocycles. The van der Waals surface area contributed by atoms with Crippen molar-refractivity contribution < 1.29 is 13.9 Å². The minimum absolute atomic E-state index is 0.0887. The Labute approximate surface area is 170 Å². The number of hydrogen-bond donors (Lipinski definition) is 1. The number of hydrazone groups is 1. The van der Waals surface area contributed by atoms with E-state index in [0.29, 0.717) is 29.9 Å². The lowest BCUT2D eigenvalue weighted by molar-refractivity contribution is -0.121. The van der Waals surface area contributed by atoms with Crippen LogP contribution in [0.3, 0.4) is 0 Å². The molecule has 0 spiro atoms. The van der Waals surface area contributed by atoms with Crippen LogP contribution in [0.1, 0.15) is 44.9 Å².